The number of hydrogen-bond donors (Lipinski definition) is 0. The molecule has 1 aromatic carbocycles. The second kappa shape index (κ2) is 6.06. The lowest BCUT2D eigenvalue weighted by atomic mass is 10.2. The van der Waals surface area contributed by atoms with Crippen molar-refractivity contribution in [3.05, 3.63) is 46.6 Å². The molecule has 0 amide bonds. The normalized spacial score (nSPS) is 10.7. The summed E-state index contributed by atoms with van der Waals surface area (Å²) in [6.45, 7) is 2.22. The van der Waals surface area contributed by atoms with Gasteiger partial charge < -0.3 is 4.42 Å². The van der Waals surface area contributed by atoms with Gasteiger partial charge >= 0.3 is 0 Å². The molecule has 0 saturated carbocycles. The van der Waals surface area contributed by atoms with Crippen LogP contribution in [0.25, 0.3) is 11.3 Å². The van der Waals surface area contributed by atoms with E-state index in [1.165, 1.54) is 19.3 Å². The van der Waals surface area contributed by atoms with Gasteiger partial charge in [0.05, 0.1) is 0 Å². The maximum absolute atomic E-state index is 5.84. The standard InChI is InChI=1S/C15H17BrO/c1-2-3-4-5-14-10-11-15(17-14)12-6-8-13(16)9-7-12/h6-11H,2-5H2,1H3. The number of hydrogen-bond acceptors (Lipinski definition) is 1. The summed E-state index contributed by atoms with van der Waals surface area (Å²) in [5.74, 6) is 2.06. The van der Waals surface area contributed by atoms with Gasteiger partial charge in [-0.15, -0.1) is 0 Å². The van der Waals surface area contributed by atoms with E-state index in [0.717, 1.165) is 28.0 Å². The van der Waals surface area contributed by atoms with Crippen LogP contribution in [0.2, 0.25) is 0 Å². The van der Waals surface area contributed by atoms with Crippen LogP contribution in [0.1, 0.15) is 31.9 Å². The molecule has 0 atom stereocenters. The Kier molecular flexibility index (Phi) is 4.43. The predicted octanol–water partition coefficient (Wildman–Crippen LogP) is 5.44. The molecule has 0 unspecified atom stereocenters. The molecule has 1 nitrogen and oxygen atoms in total. The molecule has 0 fully saturated rings. The van der Waals surface area contributed by atoms with Gasteiger partial charge in [-0.1, -0.05) is 47.8 Å². The Labute approximate surface area is 111 Å². The van der Waals surface area contributed by atoms with Gasteiger partial charge in [0.25, 0.3) is 0 Å². The fourth-order valence-corrected chi connectivity index (χ4v) is 2.10. The molecule has 2 aromatic rings. The third kappa shape index (κ3) is 3.47. The number of aryl methyl sites for hydroxylation is 1. The van der Waals surface area contributed by atoms with E-state index in [9.17, 15) is 0 Å². The van der Waals surface area contributed by atoms with Crippen LogP contribution in [0.4, 0.5) is 0 Å². The van der Waals surface area contributed by atoms with E-state index in [2.05, 4.69) is 47.1 Å². The van der Waals surface area contributed by atoms with Gasteiger partial charge in [-0.3, -0.25) is 0 Å². The van der Waals surface area contributed by atoms with Gasteiger partial charge in [-0.2, -0.15) is 0 Å². The van der Waals surface area contributed by atoms with Crippen molar-refractivity contribution in [1.29, 1.82) is 0 Å². The van der Waals surface area contributed by atoms with Crippen molar-refractivity contribution in [3.8, 4) is 11.3 Å². The third-order valence-electron chi connectivity index (χ3n) is 2.82. The molecule has 0 aliphatic rings. The lowest BCUT2D eigenvalue weighted by Gasteiger charge is -1.98. The Hall–Kier alpha value is -1.02. The smallest absolute Gasteiger partial charge is 0.134 e. The molecule has 0 aliphatic carbocycles. The van der Waals surface area contributed by atoms with Crippen LogP contribution in [-0.4, -0.2) is 0 Å². The summed E-state index contributed by atoms with van der Waals surface area (Å²) in [5, 5.41) is 0. The summed E-state index contributed by atoms with van der Waals surface area (Å²) in [6, 6.07) is 12.4. The summed E-state index contributed by atoms with van der Waals surface area (Å²) in [5.41, 5.74) is 1.13. The van der Waals surface area contributed by atoms with Crippen molar-refractivity contribution < 1.29 is 4.42 Å². The fourth-order valence-electron chi connectivity index (χ4n) is 1.83. The first-order valence-corrected chi connectivity index (χ1v) is 6.93. The van der Waals surface area contributed by atoms with Gasteiger partial charge in [0, 0.05) is 16.5 Å². The zero-order valence-electron chi connectivity index (χ0n) is 10.1. The summed E-state index contributed by atoms with van der Waals surface area (Å²) in [6.07, 6.45) is 4.78. The van der Waals surface area contributed by atoms with Crippen LogP contribution in [-0.2, 0) is 6.42 Å². The van der Waals surface area contributed by atoms with E-state index >= 15 is 0 Å². The lowest BCUT2D eigenvalue weighted by Crippen LogP contribution is -1.81. The molecule has 2 rings (SSSR count). The van der Waals surface area contributed by atoms with E-state index in [1.54, 1.807) is 0 Å². The Morgan fingerprint density at radius 1 is 1.00 bits per heavy atom. The van der Waals surface area contributed by atoms with Crippen LogP contribution < -0.4 is 0 Å². The number of benzene rings is 1. The minimum absolute atomic E-state index is 0.962. The average Bonchev–Trinajstić information content (AvgIpc) is 2.79. The molecule has 1 heterocycles. The van der Waals surface area contributed by atoms with Crippen LogP contribution in [0.5, 0.6) is 0 Å². The average molecular weight is 293 g/mol. The first-order chi connectivity index (χ1) is 8.29. The van der Waals surface area contributed by atoms with Crippen molar-refractivity contribution >= 4 is 15.9 Å². The second-order valence-corrected chi connectivity index (χ2v) is 5.15. The van der Waals surface area contributed by atoms with Crippen LogP contribution in [0.3, 0.4) is 0 Å². The molecule has 0 aliphatic heterocycles. The Bertz CT molecular complexity index is 456. The van der Waals surface area contributed by atoms with Crippen molar-refractivity contribution in [2.45, 2.75) is 32.6 Å². The first kappa shape index (κ1) is 12.4. The summed E-state index contributed by atoms with van der Waals surface area (Å²) in [4.78, 5) is 0. The quantitative estimate of drug-likeness (QED) is 0.669. The van der Waals surface area contributed by atoms with Gasteiger partial charge in [-0.05, 0) is 30.7 Å². The van der Waals surface area contributed by atoms with Gasteiger partial charge in [0.1, 0.15) is 11.5 Å². The Morgan fingerprint density at radius 2 is 1.76 bits per heavy atom. The molecule has 0 spiro atoms. The topological polar surface area (TPSA) is 13.1 Å². The summed E-state index contributed by atoms with van der Waals surface area (Å²) < 4.78 is 6.93. The molecule has 0 bridgehead atoms. The minimum Gasteiger partial charge on any atom is -0.461 e. The lowest BCUT2D eigenvalue weighted by molar-refractivity contribution is 0.508. The minimum atomic E-state index is 0.962. The summed E-state index contributed by atoms with van der Waals surface area (Å²) in [7, 11) is 0. The number of halogens is 1. The Balaban J connectivity index is 2.04. The van der Waals surface area contributed by atoms with Crippen LogP contribution in [0, 0.1) is 0 Å². The SMILES string of the molecule is CCCCCc1ccc(-c2ccc(Br)cc2)o1. The second-order valence-electron chi connectivity index (χ2n) is 4.23. The Morgan fingerprint density at radius 3 is 2.47 bits per heavy atom. The van der Waals surface area contributed by atoms with Crippen molar-refractivity contribution in [2.24, 2.45) is 0 Å². The van der Waals surface area contributed by atoms with Crippen LogP contribution in [0.15, 0.2) is 45.3 Å². The van der Waals surface area contributed by atoms with E-state index in [-0.39, 0.29) is 0 Å². The highest BCUT2D eigenvalue weighted by Crippen LogP contribution is 2.24. The first-order valence-electron chi connectivity index (χ1n) is 6.14. The van der Waals surface area contributed by atoms with Gasteiger partial charge in [0.15, 0.2) is 0 Å². The fraction of sp³-hybridized carbons (Fsp3) is 0.333. The largest absolute Gasteiger partial charge is 0.461 e. The highest BCUT2D eigenvalue weighted by molar-refractivity contribution is 9.10. The molecule has 2 heteroatoms. The molecular weight excluding hydrogens is 276 g/mol. The number of furan rings is 1. The van der Waals surface area contributed by atoms with Crippen LogP contribution >= 0.6 is 15.9 Å². The number of rotatable bonds is 5. The predicted molar refractivity (Wildman–Crippen MR) is 75.1 cm³/mol. The van der Waals surface area contributed by atoms with Crippen molar-refractivity contribution in [2.75, 3.05) is 0 Å². The maximum atomic E-state index is 5.84. The van der Waals surface area contributed by atoms with E-state index in [4.69, 9.17) is 4.42 Å². The molecule has 1 aromatic heterocycles. The molecule has 17 heavy (non-hydrogen) atoms. The third-order valence-corrected chi connectivity index (χ3v) is 3.35. The maximum Gasteiger partial charge on any atom is 0.134 e. The zero-order valence-corrected chi connectivity index (χ0v) is 11.7. The van der Waals surface area contributed by atoms with Crippen molar-refractivity contribution in [3.63, 3.8) is 0 Å². The monoisotopic (exact) mass is 292 g/mol. The summed E-state index contributed by atoms with van der Waals surface area (Å²) >= 11 is 3.43. The molecule has 0 radical (unpaired) electrons. The van der Waals surface area contributed by atoms with Gasteiger partial charge in [0.2, 0.25) is 0 Å². The molecular formula is C15H17BrO. The zero-order chi connectivity index (χ0) is 12.1. The van der Waals surface area contributed by atoms with E-state index in [1.807, 2.05) is 12.1 Å². The molecule has 0 N–H and O–H groups in total. The number of unbranched alkanes of at least 4 members (excludes halogenated alkanes) is 2. The van der Waals surface area contributed by atoms with E-state index < -0.39 is 0 Å². The molecule has 0 saturated heterocycles. The van der Waals surface area contributed by atoms with E-state index in [0.29, 0.717) is 0 Å². The van der Waals surface area contributed by atoms with Gasteiger partial charge in [-0.25, -0.2) is 0 Å². The highest BCUT2D eigenvalue weighted by Gasteiger charge is 2.04. The molecule has 90 valence electrons. The van der Waals surface area contributed by atoms with Crippen molar-refractivity contribution in [1.82, 2.24) is 0 Å². The highest BCUT2D eigenvalue weighted by atomic mass is 79.9.